The molecule has 2 aromatic rings. The zero-order chi connectivity index (χ0) is 16.4. The third-order valence-electron chi connectivity index (χ3n) is 4.12. The van der Waals surface area contributed by atoms with E-state index < -0.39 is 0 Å². The van der Waals surface area contributed by atoms with Gasteiger partial charge < -0.3 is 9.42 Å². The van der Waals surface area contributed by atoms with E-state index in [0.29, 0.717) is 11.3 Å². The van der Waals surface area contributed by atoms with Crippen molar-refractivity contribution in [1.29, 1.82) is 0 Å². The van der Waals surface area contributed by atoms with Crippen molar-refractivity contribution in [3.8, 4) is 0 Å². The number of nitrogens with zero attached hydrogens (tertiary/aromatic N) is 3. The first kappa shape index (κ1) is 15.7. The molecule has 1 aliphatic rings. The molecule has 1 aliphatic heterocycles. The summed E-state index contributed by atoms with van der Waals surface area (Å²) in [5.41, 5.74) is 1.85. The normalized spacial score (nSPS) is 15.9. The summed E-state index contributed by atoms with van der Waals surface area (Å²) in [5, 5.41) is 3.89. The Bertz CT molecular complexity index is 706. The lowest BCUT2D eigenvalue weighted by molar-refractivity contribution is 0.101. The Morgan fingerprint density at radius 1 is 1.26 bits per heavy atom. The van der Waals surface area contributed by atoms with Crippen molar-refractivity contribution in [1.82, 2.24) is 10.1 Å². The van der Waals surface area contributed by atoms with Crippen molar-refractivity contribution in [2.75, 3.05) is 31.1 Å². The molecule has 0 unspecified atom stereocenters. The first-order valence-electron chi connectivity index (χ1n) is 7.73. The van der Waals surface area contributed by atoms with Gasteiger partial charge in [0.05, 0.1) is 17.9 Å². The Morgan fingerprint density at radius 2 is 2.00 bits per heavy atom. The van der Waals surface area contributed by atoms with E-state index in [2.05, 4.69) is 10.1 Å². The minimum absolute atomic E-state index is 0.123. The molecule has 0 saturated carbocycles. The van der Waals surface area contributed by atoms with Gasteiger partial charge in [-0.1, -0.05) is 5.16 Å². The number of rotatable bonds is 4. The Labute approximate surface area is 134 Å². The number of ketones is 1. The number of Topliss-reactive ketones (excluding diaryl/α,β-unsaturated/α-hetero) is 1. The molecule has 1 aromatic carbocycles. The summed E-state index contributed by atoms with van der Waals surface area (Å²) in [6.07, 6.45) is 0. The highest BCUT2D eigenvalue weighted by molar-refractivity contribution is 5.94. The van der Waals surface area contributed by atoms with Gasteiger partial charge in [0.15, 0.2) is 11.5 Å². The summed E-state index contributed by atoms with van der Waals surface area (Å²) >= 11 is 0. The second-order valence-corrected chi connectivity index (χ2v) is 5.92. The van der Waals surface area contributed by atoms with Gasteiger partial charge >= 0.3 is 0 Å². The van der Waals surface area contributed by atoms with E-state index in [1.54, 1.807) is 12.1 Å². The Kier molecular flexibility index (Phi) is 4.43. The number of piperazine rings is 1. The van der Waals surface area contributed by atoms with Gasteiger partial charge in [0, 0.05) is 37.8 Å². The molecule has 1 fully saturated rings. The van der Waals surface area contributed by atoms with E-state index in [4.69, 9.17) is 4.52 Å². The summed E-state index contributed by atoms with van der Waals surface area (Å²) in [4.78, 5) is 15.6. The van der Waals surface area contributed by atoms with Crippen LogP contribution >= 0.6 is 0 Å². The number of hydrogen-bond donors (Lipinski definition) is 0. The molecule has 122 valence electrons. The van der Waals surface area contributed by atoms with Crippen LogP contribution in [0.15, 0.2) is 28.8 Å². The molecule has 0 spiro atoms. The molecule has 1 aromatic heterocycles. The summed E-state index contributed by atoms with van der Waals surface area (Å²) in [7, 11) is 0. The number of anilines is 1. The number of hydrogen-bond acceptors (Lipinski definition) is 5. The van der Waals surface area contributed by atoms with E-state index in [1.165, 1.54) is 13.0 Å². The highest BCUT2D eigenvalue weighted by atomic mass is 19.1. The predicted molar refractivity (Wildman–Crippen MR) is 85.1 cm³/mol. The predicted octanol–water partition coefficient (Wildman–Crippen LogP) is 2.65. The molecule has 6 heteroatoms. The minimum Gasteiger partial charge on any atom is -0.367 e. The summed E-state index contributed by atoms with van der Waals surface area (Å²) < 4.78 is 19.4. The average Bonchev–Trinajstić information content (AvgIpc) is 2.93. The number of benzene rings is 1. The Hall–Kier alpha value is -2.21. The summed E-state index contributed by atoms with van der Waals surface area (Å²) in [5.74, 6) is 0.396. The fourth-order valence-electron chi connectivity index (χ4n) is 2.84. The molecule has 0 N–H and O–H groups in total. The smallest absolute Gasteiger partial charge is 0.159 e. The molecular weight excluding hydrogens is 297 g/mol. The van der Waals surface area contributed by atoms with E-state index in [0.717, 1.165) is 44.2 Å². The van der Waals surface area contributed by atoms with Crippen molar-refractivity contribution in [3.05, 3.63) is 47.1 Å². The lowest BCUT2D eigenvalue weighted by atomic mass is 10.1. The van der Waals surface area contributed by atoms with Gasteiger partial charge in [-0.05, 0) is 32.0 Å². The average molecular weight is 317 g/mol. The van der Waals surface area contributed by atoms with Crippen LogP contribution in [0.5, 0.6) is 0 Å². The number of carbonyl (C=O) groups excluding carboxylic acids is 1. The zero-order valence-corrected chi connectivity index (χ0v) is 13.4. The lowest BCUT2D eigenvalue weighted by Gasteiger charge is -2.35. The zero-order valence-electron chi connectivity index (χ0n) is 13.4. The molecule has 5 nitrogen and oxygen atoms in total. The van der Waals surface area contributed by atoms with Gasteiger partial charge in [-0.2, -0.15) is 0 Å². The molecule has 3 rings (SSSR count). The third kappa shape index (κ3) is 3.59. The van der Waals surface area contributed by atoms with Crippen LogP contribution in [0.4, 0.5) is 10.1 Å². The second-order valence-electron chi connectivity index (χ2n) is 5.92. The van der Waals surface area contributed by atoms with Crippen molar-refractivity contribution in [2.24, 2.45) is 0 Å². The minimum atomic E-state index is -0.336. The maximum absolute atomic E-state index is 14.2. The SMILES string of the molecule is CC(=O)c1ccc(N2CCN(Cc3cc(C)no3)CC2)c(F)c1. The summed E-state index contributed by atoms with van der Waals surface area (Å²) in [6, 6.07) is 6.64. The maximum Gasteiger partial charge on any atom is 0.159 e. The molecule has 1 saturated heterocycles. The molecule has 0 radical (unpaired) electrons. The highest BCUT2D eigenvalue weighted by Crippen LogP contribution is 2.22. The van der Waals surface area contributed by atoms with Gasteiger partial charge in [0.1, 0.15) is 5.82 Å². The van der Waals surface area contributed by atoms with Crippen LogP contribution in [0.25, 0.3) is 0 Å². The van der Waals surface area contributed by atoms with Crippen LogP contribution in [0.3, 0.4) is 0 Å². The van der Waals surface area contributed by atoms with Crippen molar-refractivity contribution in [2.45, 2.75) is 20.4 Å². The van der Waals surface area contributed by atoms with Crippen molar-refractivity contribution < 1.29 is 13.7 Å². The molecule has 0 aliphatic carbocycles. The van der Waals surface area contributed by atoms with Crippen LogP contribution in [-0.4, -0.2) is 42.0 Å². The van der Waals surface area contributed by atoms with Gasteiger partial charge in [-0.15, -0.1) is 0 Å². The van der Waals surface area contributed by atoms with Gasteiger partial charge in [-0.3, -0.25) is 9.69 Å². The molecule has 0 bridgehead atoms. The van der Waals surface area contributed by atoms with Crippen LogP contribution in [-0.2, 0) is 6.54 Å². The largest absolute Gasteiger partial charge is 0.367 e. The first-order valence-corrected chi connectivity index (χ1v) is 7.73. The Morgan fingerprint density at radius 3 is 2.57 bits per heavy atom. The van der Waals surface area contributed by atoms with Crippen LogP contribution in [0.1, 0.15) is 28.7 Å². The van der Waals surface area contributed by atoms with E-state index in [1.807, 2.05) is 17.9 Å². The van der Waals surface area contributed by atoms with Crippen molar-refractivity contribution in [3.63, 3.8) is 0 Å². The van der Waals surface area contributed by atoms with Gasteiger partial charge in [0.2, 0.25) is 0 Å². The number of carbonyl (C=O) groups is 1. The van der Waals surface area contributed by atoms with Crippen molar-refractivity contribution >= 4 is 11.5 Å². The third-order valence-corrected chi connectivity index (χ3v) is 4.12. The lowest BCUT2D eigenvalue weighted by Crippen LogP contribution is -2.46. The molecule has 0 atom stereocenters. The van der Waals surface area contributed by atoms with Gasteiger partial charge in [0.25, 0.3) is 0 Å². The van der Waals surface area contributed by atoms with E-state index in [9.17, 15) is 9.18 Å². The Balaban J connectivity index is 1.61. The highest BCUT2D eigenvalue weighted by Gasteiger charge is 2.21. The van der Waals surface area contributed by atoms with Crippen LogP contribution < -0.4 is 4.90 Å². The van der Waals surface area contributed by atoms with Crippen LogP contribution in [0, 0.1) is 12.7 Å². The monoisotopic (exact) mass is 317 g/mol. The fraction of sp³-hybridized carbons (Fsp3) is 0.412. The van der Waals surface area contributed by atoms with Crippen LogP contribution in [0.2, 0.25) is 0 Å². The standard InChI is InChI=1S/C17H20FN3O2/c1-12-9-15(23-19-12)11-20-5-7-21(8-6-20)17-4-3-14(13(2)22)10-16(17)18/h3-4,9-10H,5-8,11H2,1-2H3. The maximum atomic E-state index is 14.2. The molecule has 0 amide bonds. The molecule has 2 heterocycles. The topological polar surface area (TPSA) is 49.6 Å². The molecular formula is C17H20FN3O2. The first-order chi connectivity index (χ1) is 11.0. The fourth-order valence-corrected chi connectivity index (χ4v) is 2.84. The number of aryl methyl sites for hydroxylation is 1. The summed E-state index contributed by atoms with van der Waals surface area (Å²) in [6.45, 7) is 7.20. The molecule has 23 heavy (non-hydrogen) atoms. The van der Waals surface area contributed by atoms with E-state index in [-0.39, 0.29) is 11.6 Å². The van der Waals surface area contributed by atoms with E-state index >= 15 is 0 Å². The number of halogens is 1. The number of aromatic nitrogens is 1. The quantitative estimate of drug-likeness (QED) is 0.812. The van der Waals surface area contributed by atoms with Gasteiger partial charge in [-0.25, -0.2) is 4.39 Å². The second kappa shape index (κ2) is 6.50.